The fourth-order valence-corrected chi connectivity index (χ4v) is 10.8. The van der Waals surface area contributed by atoms with Crippen molar-refractivity contribution in [3.63, 3.8) is 0 Å². The van der Waals surface area contributed by atoms with Crippen LogP contribution in [0.2, 0.25) is 0 Å². The first-order valence-corrected chi connectivity index (χ1v) is 27.9. The number of halogens is 1. The highest BCUT2D eigenvalue weighted by atomic mass is 127. The summed E-state index contributed by atoms with van der Waals surface area (Å²) >= 11 is 3.67. The van der Waals surface area contributed by atoms with Crippen LogP contribution in [-0.2, 0) is 59.0 Å². The third-order valence-corrected chi connectivity index (χ3v) is 15.5. The van der Waals surface area contributed by atoms with Gasteiger partial charge in [0, 0.05) is 140 Å². The second-order valence-corrected chi connectivity index (χ2v) is 21.6. The SMILES string of the molecule is COCCCCN1CCN(C(=O)CCCN2C(=O)CC(SC(CCCCCNC(=O)CCCc3ccc(I)cc3)CNC(=O)CN3CCN(COC=O)CCN(COC=O)CCN(CC(=O)O)CC3)C2=O)CC1. The highest BCUT2D eigenvalue weighted by Crippen LogP contribution is 2.31. The molecule has 4 rings (SSSR count). The van der Waals surface area contributed by atoms with Crippen molar-refractivity contribution < 1.29 is 57.7 Å². The van der Waals surface area contributed by atoms with Crippen LogP contribution < -0.4 is 10.6 Å². The summed E-state index contributed by atoms with van der Waals surface area (Å²) in [6.07, 6.45) is 7.75. The Kier molecular flexibility index (Phi) is 30.4. The molecule has 73 heavy (non-hydrogen) atoms. The molecule has 0 bridgehead atoms. The zero-order chi connectivity index (χ0) is 52.6. The quantitative estimate of drug-likeness (QED) is 0.0393. The summed E-state index contributed by atoms with van der Waals surface area (Å²) in [5.41, 5.74) is 1.20. The number of piperazine rings is 1. The van der Waals surface area contributed by atoms with E-state index in [0.717, 1.165) is 71.2 Å². The average molecular weight is 1160 g/mol. The van der Waals surface area contributed by atoms with E-state index < -0.39 is 11.2 Å². The first-order valence-electron chi connectivity index (χ1n) is 25.9. The number of unbranched alkanes of at least 4 members (excludes halogenated alkanes) is 3. The highest BCUT2D eigenvalue weighted by Gasteiger charge is 2.40. The number of hydrogen-bond acceptors (Lipinski definition) is 17. The minimum Gasteiger partial charge on any atom is -0.480 e. The van der Waals surface area contributed by atoms with Crippen LogP contribution in [0.15, 0.2) is 24.3 Å². The summed E-state index contributed by atoms with van der Waals surface area (Å²) in [4.78, 5) is 113. The second-order valence-electron chi connectivity index (χ2n) is 18.8. The summed E-state index contributed by atoms with van der Waals surface area (Å²) < 4.78 is 16.4. The fourth-order valence-electron chi connectivity index (χ4n) is 8.99. The van der Waals surface area contributed by atoms with Gasteiger partial charge < -0.3 is 34.9 Å². The number of benzene rings is 1. The van der Waals surface area contributed by atoms with Gasteiger partial charge in [0.15, 0.2) is 0 Å². The highest BCUT2D eigenvalue weighted by molar-refractivity contribution is 14.1. The van der Waals surface area contributed by atoms with E-state index in [1.807, 2.05) is 19.6 Å². The van der Waals surface area contributed by atoms with Crippen molar-refractivity contribution in [2.45, 2.75) is 87.5 Å². The predicted molar refractivity (Wildman–Crippen MR) is 284 cm³/mol. The number of hydrogen-bond donors (Lipinski definition) is 3. The van der Waals surface area contributed by atoms with Gasteiger partial charge in [-0.25, -0.2) is 0 Å². The van der Waals surface area contributed by atoms with Crippen LogP contribution in [0.25, 0.3) is 0 Å². The molecule has 1 aromatic carbocycles. The number of carboxylic acids is 1. The normalized spacial score (nSPS) is 18.7. The van der Waals surface area contributed by atoms with E-state index in [1.165, 1.54) is 25.8 Å². The zero-order valence-corrected chi connectivity index (χ0v) is 45.8. The van der Waals surface area contributed by atoms with Gasteiger partial charge in [-0.15, -0.1) is 11.8 Å². The number of thioether (sulfide) groups is 1. The molecule has 0 radical (unpaired) electrons. The second kappa shape index (κ2) is 36.1. The molecule has 0 saturated carbocycles. The predicted octanol–water partition coefficient (Wildman–Crippen LogP) is 1.55. The molecule has 3 heterocycles. The van der Waals surface area contributed by atoms with E-state index in [9.17, 15) is 43.5 Å². The standard InChI is InChI=1S/C50H80IN9O12S/c1-70-32-6-5-18-54-28-30-59(31-29-54)47(65)12-8-19-60-48(66)33-44(50(60)69)73-43(10-3-2-4-17-52-45(63)11-7-9-41-13-15-42(51)16-14-41)34-53-46(64)35-55-20-21-56(36-49(67)68)23-25-58(38-72-40-62)27-26-57(24-22-55)37-71-39-61/h13-16,39-40,43-44H,2-12,17-38H2,1H3,(H,52,63)(H,53,64)(H,67,68). The largest absolute Gasteiger partial charge is 0.480 e. The lowest BCUT2D eigenvalue weighted by Gasteiger charge is -2.35. The van der Waals surface area contributed by atoms with Gasteiger partial charge in [-0.05, 0) is 91.8 Å². The number of rotatable bonds is 33. The van der Waals surface area contributed by atoms with Crippen LogP contribution >= 0.6 is 34.4 Å². The average Bonchev–Trinajstić information content (AvgIpc) is 3.64. The van der Waals surface area contributed by atoms with Crippen molar-refractivity contribution in [1.29, 1.82) is 0 Å². The summed E-state index contributed by atoms with van der Waals surface area (Å²) in [6.45, 7) is 9.37. The van der Waals surface area contributed by atoms with Crippen molar-refractivity contribution >= 4 is 82.8 Å². The van der Waals surface area contributed by atoms with Crippen LogP contribution in [0.1, 0.15) is 76.2 Å². The molecular formula is C50H80IN9O12S. The van der Waals surface area contributed by atoms with E-state index in [1.54, 1.807) is 12.0 Å². The molecule has 2 atom stereocenters. The van der Waals surface area contributed by atoms with Gasteiger partial charge in [0.2, 0.25) is 29.5 Å². The van der Waals surface area contributed by atoms with Gasteiger partial charge in [-0.1, -0.05) is 25.0 Å². The summed E-state index contributed by atoms with van der Waals surface area (Å²) in [7, 11) is 1.70. The van der Waals surface area contributed by atoms with Crippen molar-refractivity contribution in [1.82, 2.24) is 44.9 Å². The molecule has 21 nitrogen and oxygen atoms in total. The molecule has 23 heteroatoms. The maximum atomic E-state index is 13.8. The Labute approximate surface area is 449 Å². The van der Waals surface area contributed by atoms with Crippen molar-refractivity contribution in [2.24, 2.45) is 0 Å². The Bertz CT molecular complexity index is 1850. The smallest absolute Gasteiger partial charge is 0.317 e. The lowest BCUT2D eigenvalue weighted by molar-refractivity contribution is -0.140. The maximum Gasteiger partial charge on any atom is 0.317 e. The molecule has 1 aromatic rings. The van der Waals surface area contributed by atoms with Crippen LogP contribution in [-0.4, -0.2) is 243 Å². The number of carbonyl (C=O) groups excluding carboxylic acids is 7. The number of aliphatic carboxylic acids is 1. The number of likely N-dealkylation sites (tertiary alicyclic amines) is 1. The molecule has 3 fully saturated rings. The van der Waals surface area contributed by atoms with Crippen LogP contribution in [0.5, 0.6) is 0 Å². The first-order chi connectivity index (χ1) is 35.4. The molecule has 3 saturated heterocycles. The molecule has 3 aliphatic rings. The van der Waals surface area contributed by atoms with Crippen LogP contribution in [0, 0.1) is 3.57 Å². The Hall–Kier alpha value is -3.98. The number of ether oxygens (including phenoxy) is 3. The number of imide groups is 1. The first kappa shape index (κ1) is 61.6. The monoisotopic (exact) mass is 1160 g/mol. The van der Waals surface area contributed by atoms with Crippen molar-refractivity contribution in [3.05, 3.63) is 33.4 Å². The number of aryl methyl sites for hydroxylation is 1. The third-order valence-electron chi connectivity index (χ3n) is 13.3. The Morgan fingerprint density at radius 1 is 0.712 bits per heavy atom. The molecule has 0 spiro atoms. The fraction of sp³-hybridized carbons (Fsp3) is 0.720. The molecule has 410 valence electrons. The lowest BCUT2D eigenvalue weighted by Crippen LogP contribution is -2.49. The third kappa shape index (κ3) is 25.4. The van der Waals surface area contributed by atoms with E-state index in [0.29, 0.717) is 104 Å². The van der Waals surface area contributed by atoms with Gasteiger partial charge in [0.1, 0.15) is 13.5 Å². The molecular weight excluding hydrogens is 1080 g/mol. The summed E-state index contributed by atoms with van der Waals surface area (Å²) in [5, 5.41) is 14.9. The number of nitrogens with zero attached hydrogens (tertiary/aromatic N) is 7. The molecule has 0 aliphatic carbocycles. The van der Waals surface area contributed by atoms with Crippen molar-refractivity contribution in [2.75, 3.05) is 145 Å². The topological polar surface area (TPSA) is 231 Å². The number of nitrogens with one attached hydrogen (secondary N) is 2. The Balaban J connectivity index is 1.32. The number of amides is 5. The van der Waals surface area contributed by atoms with Gasteiger partial charge in [0.05, 0.1) is 18.3 Å². The number of carbonyl (C=O) groups is 8. The number of carboxylic acid groups (broad SMARTS) is 1. The van der Waals surface area contributed by atoms with Gasteiger partial charge >= 0.3 is 5.97 Å². The summed E-state index contributed by atoms with van der Waals surface area (Å²) in [5.74, 6) is -1.75. The minimum atomic E-state index is -0.993. The molecule has 5 amide bonds. The van der Waals surface area contributed by atoms with E-state index in [2.05, 4.69) is 62.4 Å². The van der Waals surface area contributed by atoms with Gasteiger partial charge in [-0.2, -0.15) is 0 Å². The minimum absolute atomic E-state index is 0.00228. The Morgan fingerprint density at radius 3 is 1.95 bits per heavy atom. The van der Waals surface area contributed by atoms with E-state index in [4.69, 9.17) is 14.2 Å². The van der Waals surface area contributed by atoms with E-state index >= 15 is 0 Å². The van der Waals surface area contributed by atoms with E-state index in [-0.39, 0.29) is 87.3 Å². The molecule has 0 aromatic heterocycles. The van der Waals surface area contributed by atoms with Gasteiger partial charge in [-0.3, -0.25) is 67.8 Å². The molecule has 3 aliphatic heterocycles. The van der Waals surface area contributed by atoms with Crippen molar-refractivity contribution in [3.8, 4) is 0 Å². The maximum absolute atomic E-state index is 13.8. The molecule has 3 N–H and O–H groups in total. The van der Waals surface area contributed by atoms with Crippen LogP contribution in [0.4, 0.5) is 0 Å². The zero-order valence-electron chi connectivity index (χ0n) is 42.8. The lowest BCUT2D eigenvalue weighted by atomic mass is 10.1. The number of methoxy groups -OCH3 is 1. The summed E-state index contributed by atoms with van der Waals surface area (Å²) in [6, 6.07) is 8.30. The Morgan fingerprint density at radius 2 is 1.33 bits per heavy atom. The van der Waals surface area contributed by atoms with Gasteiger partial charge in [0.25, 0.3) is 12.9 Å². The molecule has 2 unspecified atom stereocenters. The van der Waals surface area contributed by atoms with Crippen LogP contribution in [0.3, 0.4) is 0 Å².